The third kappa shape index (κ3) is 4.31. The van der Waals surface area contributed by atoms with Crippen LogP contribution in [-0.2, 0) is 11.3 Å². The van der Waals surface area contributed by atoms with Crippen molar-refractivity contribution < 1.29 is 9.59 Å². The highest BCUT2D eigenvalue weighted by Gasteiger charge is 2.05. The molecular weight excluding hydrogens is 264 g/mol. The molecule has 0 atom stereocenters. The Morgan fingerprint density at radius 1 is 1.00 bits per heavy atom. The number of rotatable bonds is 5. The summed E-state index contributed by atoms with van der Waals surface area (Å²) in [6.45, 7) is 3.86. The molecule has 0 heterocycles. The first kappa shape index (κ1) is 14.5. The molecule has 0 aliphatic heterocycles. The summed E-state index contributed by atoms with van der Waals surface area (Å²) in [7, 11) is 0. The Kier molecular flexibility index (Phi) is 4.88. The van der Waals surface area contributed by atoms with Crippen molar-refractivity contribution >= 4 is 17.5 Å². The molecule has 2 N–H and O–H groups in total. The van der Waals surface area contributed by atoms with Crippen LogP contribution in [0.5, 0.6) is 0 Å². The maximum atomic E-state index is 12.0. The normalized spacial score (nSPS) is 9.71. The zero-order valence-electron chi connectivity index (χ0n) is 11.5. The lowest BCUT2D eigenvalue weighted by molar-refractivity contribution is -0.111. The molecule has 4 nitrogen and oxygen atoms in total. The molecule has 0 unspecified atom stereocenters. The van der Waals surface area contributed by atoms with Crippen LogP contribution in [0.4, 0.5) is 5.69 Å². The summed E-state index contributed by atoms with van der Waals surface area (Å²) >= 11 is 0. The number of benzene rings is 2. The summed E-state index contributed by atoms with van der Waals surface area (Å²) < 4.78 is 0. The van der Waals surface area contributed by atoms with E-state index in [2.05, 4.69) is 17.2 Å². The molecule has 0 fully saturated rings. The van der Waals surface area contributed by atoms with Gasteiger partial charge in [0.25, 0.3) is 5.91 Å². The predicted molar refractivity (Wildman–Crippen MR) is 82.9 cm³/mol. The highest BCUT2D eigenvalue weighted by Crippen LogP contribution is 2.10. The Hall–Kier alpha value is -2.88. The number of anilines is 1. The molecule has 0 aliphatic rings. The fourth-order valence-electron chi connectivity index (χ4n) is 1.78. The van der Waals surface area contributed by atoms with Crippen molar-refractivity contribution in [2.75, 3.05) is 5.32 Å². The van der Waals surface area contributed by atoms with Gasteiger partial charge in [-0.3, -0.25) is 9.59 Å². The molecule has 0 radical (unpaired) electrons. The summed E-state index contributed by atoms with van der Waals surface area (Å²) in [5.41, 5.74) is 2.21. The van der Waals surface area contributed by atoms with Crippen LogP contribution in [0.3, 0.4) is 0 Å². The Morgan fingerprint density at radius 3 is 2.29 bits per heavy atom. The van der Waals surface area contributed by atoms with Crippen LogP contribution in [-0.4, -0.2) is 11.8 Å². The quantitative estimate of drug-likeness (QED) is 0.827. The summed E-state index contributed by atoms with van der Waals surface area (Å²) in [6, 6.07) is 16.4. The molecule has 0 aliphatic carbocycles. The van der Waals surface area contributed by atoms with E-state index in [-0.39, 0.29) is 11.8 Å². The van der Waals surface area contributed by atoms with Crippen molar-refractivity contribution in [2.45, 2.75) is 6.54 Å². The van der Waals surface area contributed by atoms with Gasteiger partial charge in [-0.05, 0) is 35.9 Å². The number of hydrogen-bond donors (Lipinski definition) is 2. The number of nitrogens with one attached hydrogen (secondary N) is 2. The summed E-state index contributed by atoms with van der Waals surface area (Å²) in [4.78, 5) is 23.1. The lowest BCUT2D eigenvalue weighted by Gasteiger charge is -2.07. The van der Waals surface area contributed by atoms with E-state index in [9.17, 15) is 9.59 Å². The lowest BCUT2D eigenvalue weighted by Crippen LogP contribution is -2.22. The van der Waals surface area contributed by atoms with Crippen LogP contribution in [0.15, 0.2) is 67.3 Å². The molecule has 0 spiro atoms. The smallest absolute Gasteiger partial charge is 0.251 e. The van der Waals surface area contributed by atoms with Crippen LogP contribution in [0.1, 0.15) is 15.9 Å². The van der Waals surface area contributed by atoms with Gasteiger partial charge in [0.2, 0.25) is 5.91 Å². The Labute approximate surface area is 123 Å². The molecule has 106 valence electrons. The second-order valence-electron chi connectivity index (χ2n) is 4.44. The Bertz CT molecular complexity index is 634. The topological polar surface area (TPSA) is 58.2 Å². The lowest BCUT2D eigenvalue weighted by atomic mass is 10.1. The van der Waals surface area contributed by atoms with E-state index in [1.807, 2.05) is 30.3 Å². The van der Waals surface area contributed by atoms with Crippen molar-refractivity contribution in [2.24, 2.45) is 0 Å². The van der Waals surface area contributed by atoms with Crippen LogP contribution in [0.25, 0.3) is 0 Å². The van der Waals surface area contributed by atoms with Gasteiger partial charge in [-0.2, -0.15) is 0 Å². The second kappa shape index (κ2) is 7.05. The average Bonchev–Trinajstić information content (AvgIpc) is 2.54. The maximum absolute atomic E-state index is 12.0. The maximum Gasteiger partial charge on any atom is 0.251 e. The average molecular weight is 280 g/mol. The second-order valence-corrected chi connectivity index (χ2v) is 4.44. The van der Waals surface area contributed by atoms with Crippen molar-refractivity contribution in [3.8, 4) is 0 Å². The molecule has 0 saturated heterocycles. The molecular formula is C17H16N2O2. The minimum atomic E-state index is -0.281. The van der Waals surface area contributed by atoms with Crippen molar-refractivity contribution in [1.82, 2.24) is 5.32 Å². The van der Waals surface area contributed by atoms with Crippen LogP contribution < -0.4 is 10.6 Å². The molecule has 0 aromatic heterocycles. The molecule has 4 heteroatoms. The highest BCUT2D eigenvalue weighted by atomic mass is 16.2. The van der Waals surface area contributed by atoms with Gasteiger partial charge in [0.15, 0.2) is 0 Å². The van der Waals surface area contributed by atoms with E-state index in [0.717, 1.165) is 5.56 Å². The number of amides is 2. The van der Waals surface area contributed by atoms with Crippen LogP contribution >= 0.6 is 0 Å². The molecule has 2 rings (SSSR count). The number of carbonyl (C=O) groups excluding carboxylic acids is 2. The van der Waals surface area contributed by atoms with Gasteiger partial charge < -0.3 is 10.6 Å². The molecule has 21 heavy (non-hydrogen) atoms. The SMILES string of the molecule is C=CC(=O)Nc1ccc(C(=O)NCc2ccccc2)cc1. The molecule has 0 saturated carbocycles. The molecule has 2 aromatic rings. The highest BCUT2D eigenvalue weighted by molar-refractivity contribution is 5.99. The fraction of sp³-hybridized carbons (Fsp3) is 0.0588. The molecule has 2 aromatic carbocycles. The number of carbonyl (C=O) groups is 2. The largest absolute Gasteiger partial charge is 0.348 e. The Morgan fingerprint density at radius 2 is 1.67 bits per heavy atom. The summed E-state index contributed by atoms with van der Waals surface area (Å²) in [5.74, 6) is -0.434. The van der Waals surface area contributed by atoms with Gasteiger partial charge in [0.05, 0.1) is 0 Å². The van der Waals surface area contributed by atoms with E-state index in [0.29, 0.717) is 17.8 Å². The van der Waals surface area contributed by atoms with E-state index < -0.39 is 0 Å². The van der Waals surface area contributed by atoms with Crippen LogP contribution in [0, 0.1) is 0 Å². The third-order valence-corrected chi connectivity index (χ3v) is 2.90. The number of hydrogen-bond acceptors (Lipinski definition) is 2. The van der Waals surface area contributed by atoms with Crippen molar-refractivity contribution in [3.63, 3.8) is 0 Å². The minimum Gasteiger partial charge on any atom is -0.348 e. The minimum absolute atomic E-state index is 0.152. The van der Waals surface area contributed by atoms with Crippen molar-refractivity contribution in [3.05, 3.63) is 78.4 Å². The predicted octanol–water partition coefficient (Wildman–Crippen LogP) is 2.74. The summed E-state index contributed by atoms with van der Waals surface area (Å²) in [5, 5.41) is 5.47. The zero-order chi connectivity index (χ0) is 15.1. The van der Waals surface area contributed by atoms with Gasteiger partial charge in [-0.15, -0.1) is 0 Å². The fourth-order valence-corrected chi connectivity index (χ4v) is 1.78. The molecule has 2 amide bonds. The van der Waals surface area contributed by atoms with Gasteiger partial charge in [-0.1, -0.05) is 36.9 Å². The first-order valence-corrected chi connectivity index (χ1v) is 6.54. The van der Waals surface area contributed by atoms with Gasteiger partial charge >= 0.3 is 0 Å². The van der Waals surface area contributed by atoms with E-state index in [1.54, 1.807) is 24.3 Å². The van der Waals surface area contributed by atoms with Crippen LogP contribution in [0.2, 0.25) is 0 Å². The first-order valence-electron chi connectivity index (χ1n) is 6.54. The van der Waals surface area contributed by atoms with Gasteiger partial charge in [0.1, 0.15) is 0 Å². The third-order valence-electron chi connectivity index (χ3n) is 2.90. The Balaban J connectivity index is 1.93. The monoisotopic (exact) mass is 280 g/mol. The van der Waals surface area contributed by atoms with Crippen molar-refractivity contribution in [1.29, 1.82) is 0 Å². The molecule has 0 bridgehead atoms. The summed E-state index contributed by atoms with van der Waals surface area (Å²) in [6.07, 6.45) is 1.19. The van der Waals surface area contributed by atoms with Gasteiger partial charge in [0, 0.05) is 17.8 Å². The standard InChI is InChI=1S/C17H16N2O2/c1-2-16(20)19-15-10-8-14(9-11-15)17(21)18-12-13-6-4-3-5-7-13/h2-11H,1,12H2,(H,18,21)(H,19,20). The van der Waals surface area contributed by atoms with E-state index >= 15 is 0 Å². The first-order chi connectivity index (χ1) is 10.2. The zero-order valence-corrected chi connectivity index (χ0v) is 11.5. The van der Waals surface area contributed by atoms with Gasteiger partial charge in [-0.25, -0.2) is 0 Å². The van der Waals surface area contributed by atoms with E-state index in [1.165, 1.54) is 6.08 Å². The van der Waals surface area contributed by atoms with E-state index in [4.69, 9.17) is 0 Å².